The summed E-state index contributed by atoms with van der Waals surface area (Å²) in [7, 11) is 0. The van der Waals surface area contributed by atoms with Crippen LogP contribution >= 0.6 is 0 Å². The summed E-state index contributed by atoms with van der Waals surface area (Å²) in [5, 5.41) is 16.7. The highest BCUT2D eigenvalue weighted by atomic mass is 16.4. The molecule has 25 heavy (non-hydrogen) atoms. The van der Waals surface area contributed by atoms with Gasteiger partial charge >= 0.3 is 11.9 Å². The molecule has 0 saturated carbocycles. The normalized spacial score (nSPS) is 9.96. The van der Waals surface area contributed by atoms with Crippen LogP contribution in [0.15, 0.2) is 12.7 Å². The van der Waals surface area contributed by atoms with Crippen molar-refractivity contribution in [2.75, 3.05) is 0 Å². The molecule has 0 aromatic heterocycles. The van der Waals surface area contributed by atoms with Gasteiger partial charge in [0.25, 0.3) is 0 Å². The van der Waals surface area contributed by atoms with E-state index in [1.807, 2.05) is 6.08 Å². The minimum Gasteiger partial charge on any atom is -0.481 e. The summed E-state index contributed by atoms with van der Waals surface area (Å²) in [6.07, 6.45) is 18.8. The lowest BCUT2D eigenvalue weighted by Crippen LogP contribution is -1.93. The summed E-state index contributed by atoms with van der Waals surface area (Å²) in [5.41, 5.74) is 0. The maximum atomic E-state index is 10.2. The minimum atomic E-state index is -0.674. The second-order valence-electron chi connectivity index (χ2n) is 6.61. The van der Waals surface area contributed by atoms with Crippen molar-refractivity contribution in [2.24, 2.45) is 0 Å². The first-order valence-corrected chi connectivity index (χ1v) is 10.1. The van der Waals surface area contributed by atoms with E-state index in [0.29, 0.717) is 12.8 Å². The van der Waals surface area contributed by atoms with Gasteiger partial charge in [0.05, 0.1) is 0 Å². The molecule has 0 aromatic carbocycles. The SMILES string of the molecule is C=CCCCCCCCCC(=O)O.CCCCCCCCCC(=O)O. The van der Waals surface area contributed by atoms with Gasteiger partial charge in [-0.25, -0.2) is 0 Å². The highest BCUT2D eigenvalue weighted by molar-refractivity contribution is 5.66. The standard InChI is InChI=1S/C11H20O2.C10H20O2/c1-2-3-4-5-6-7-8-9-10-11(12)13;1-2-3-4-5-6-7-8-9-10(11)12/h2H,1,3-10H2,(H,12,13);2-9H2,1H3,(H,11,12). The molecule has 148 valence electrons. The molecule has 0 radical (unpaired) electrons. The lowest BCUT2D eigenvalue weighted by atomic mass is 10.1. The van der Waals surface area contributed by atoms with Crippen molar-refractivity contribution in [1.82, 2.24) is 0 Å². The van der Waals surface area contributed by atoms with Gasteiger partial charge in [-0.05, 0) is 25.7 Å². The molecule has 0 rings (SSSR count). The van der Waals surface area contributed by atoms with E-state index in [1.165, 1.54) is 57.8 Å². The van der Waals surface area contributed by atoms with Crippen molar-refractivity contribution in [2.45, 2.75) is 110 Å². The summed E-state index contributed by atoms with van der Waals surface area (Å²) >= 11 is 0. The number of aliphatic carboxylic acids is 2. The van der Waals surface area contributed by atoms with Crippen LogP contribution in [-0.4, -0.2) is 22.2 Å². The quantitative estimate of drug-likeness (QED) is 0.228. The number of carboxylic acid groups (broad SMARTS) is 2. The van der Waals surface area contributed by atoms with Crippen LogP contribution < -0.4 is 0 Å². The number of rotatable bonds is 17. The molecular weight excluding hydrogens is 316 g/mol. The van der Waals surface area contributed by atoms with Crippen molar-refractivity contribution in [3.8, 4) is 0 Å². The summed E-state index contributed by atoms with van der Waals surface area (Å²) in [6, 6.07) is 0. The van der Waals surface area contributed by atoms with Gasteiger partial charge in [-0.3, -0.25) is 9.59 Å². The maximum absolute atomic E-state index is 10.2. The topological polar surface area (TPSA) is 74.6 Å². The molecule has 0 heterocycles. The van der Waals surface area contributed by atoms with Crippen LogP contribution in [0.1, 0.15) is 110 Å². The van der Waals surface area contributed by atoms with Gasteiger partial charge in [0.2, 0.25) is 0 Å². The highest BCUT2D eigenvalue weighted by Crippen LogP contribution is 2.09. The number of carbonyl (C=O) groups is 2. The van der Waals surface area contributed by atoms with Crippen molar-refractivity contribution in [1.29, 1.82) is 0 Å². The molecule has 0 unspecified atom stereocenters. The fourth-order valence-electron chi connectivity index (χ4n) is 2.51. The van der Waals surface area contributed by atoms with Gasteiger partial charge in [-0.2, -0.15) is 0 Å². The average Bonchev–Trinajstić information content (AvgIpc) is 2.56. The predicted octanol–water partition coefficient (Wildman–Crippen LogP) is 6.59. The van der Waals surface area contributed by atoms with Crippen molar-refractivity contribution < 1.29 is 19.8 Å². The Hall–Kier alpha value is -1.32. The molecule has 0 atom stereocenters. The van der Waals surface area contributed by atoms with Crippen molar-refractivity contribution >= 4 is 11.9 Å². The fraction of sp³-hybridized carbons (Fsp3) is 0.810. The lowest BCUT2D eigenvalue weighted by Gasteiger charge is -1.98. The second-order valence-corrected chi connectivity index (χ2v) is 6.61. The Kier molecular flexibility index (Phi) is 23.5. The largest absolute Gasteiger partial charge is 0.481 e. The summed E-state index contributed by atoms with van der Waals surface area (Å²) in [4.78, 5) is 20.3. The zero-order valence-corrected chi connectivity index (χ0v) is 16.3. The Morgan fingerprint density at radius 1 is 0.680 bits per heavy atom. The number of carboxylic acids is 2. The average molecular weight is 357 g/mol. The number of allylic oxidation sites excluding steroid dienone is 1. The zero-order chi connectivity index (χ0) is 19.2. The Balaban J connectivity index is 0. The van der Waals surface area contributed by atoms with Crippen molar-refractivity contribution in [3.05, 3.63) is 12.7 Å². The van der Waals surface area contributed by atoms with Crippen LogP contribution in [0.4, 0.5) is 0 Å². The third-order valence-electron chi connectivity index (χ3n) is 4.04. The monoisotopic (exact) mass is 356 g/mol. The first kappa shape index (κ1) is 25.9. The van der Waals surface area contributed by atoms with E-state index in [-0.39, 0.29) is 0 Å². The van der Waals surface area contributed by atoms with Gasteiger partial charge in [0, 0.05) is 12.8 Å². The van der Waals surface area contributed by atoms with Gasteiger partial charge in [-0.15, -0.1) is 6.58 Å². The van der Waals surface area contributed by atoms with Crippen LogP contribution in [0, 0.1) is 0 Å². The summed E-state index contributed by atoms with van der Waals surface area (Å²) in [6.45, 7) is 5.86. The molecule has 0 aliphatic heterocycles. The maximum Gasteiger partial charge on any atom is 0.303 e. The number of unbranched alkanes of at least 4 members (excludes halogenated alkanes) is 12. The molecule has 2 N–H and O–H groups in total. The summed E-state index contributed by atoms with van der Waals surface area (Å²) in [5.74, 6) is -1.34. The van der Waals surface area contributed by atoms with E-state index in [1.54, 1.807) is 0 Å². The fourth-order valence-corrected chi connectivity index (χ4v) is 2.51. The molecule has 0 aliphatic carbocycles. The zero-order valence-electron chi connectivity index (χ0n) is 16.3. The predicted molar refractivity (Wildman–Crippen MR) is 105 cm³/mol. The highest BCUT2D eigenvalue weighted by Gasteiger charge is 1.96. The molecule has 0 aliphatic rings. The third kappa shape index (κ3) is 31.0. The Morgan fingerprint density at radius 3 is 1.40 bits per heavy atom. The van der Waals surface area contributed by atoms with Crippen LogP contribution in [0.25, 0.3) is 0 Å². The van der Waals surface area contributed by atoms with Crippen LogP contribution in [0.3, 0.4) is 0 Å². The van der Waals surface area contributed by atoms with E-state index >= 15 is 0 Å². The van der Waals surface area contributed by atoms with E-state index in [9.17, 15) is 9.59 Å². The molecule has 0 spiro atoms. The van der Waals surface area contributed by atoms with Crippen LogP contribution in [-0.2, 0) is 9.59 Å². The Bertz CT molecular complexity index is 313. The molecule has 4 heteroatoms. The molecule has 4 nitrogen and oxygen atoms in total. The van der Waals surface area contributed by atoms with Gasteiger partial charge < -0.3 is 10.2 Å². The molecular formula is C21H40O4. The van der Waals surface area contributed by atoms with E-state index in [4.69, 9.17) is 10.2 Å². The van der Waals surface area contributed by atoms with E-state index in [0.717, 1.165) is 32.1 Å². The van der Waals surface area contributed by atoms with Gasteiger partial charge in [-0.1, -0.05) is 77.2 Å². The summed E-state index contributed by atoms with van der Waals surface area (Å²) < 4.78 is 0. The molecule has 0 amide bonds. The van der Waals surface area contributed by atoms with E-state index in [2.05, 4.69) is 13.5 Å². The number of hydrogen-bond acceptors (Lipinski definition) is 2. The first-order chi connectivity index (χ1) is 12.0. The minimum absolute atomic E-state index is 0.326. The van der Waals surface area contributed by atoms with Crippen molar-refractivity contribution in [3.63, 3.8) is 0 Å². The first-order valence-electron chi connectivity index (χ1n) is 10.1. The molecule has 0 fully saturated rings. The Labute approximate surface area is 154 Å². The second kappa shape index (κ2) is 22.7. The molecule has 0 aromatic rings. The van der Waals surface area contributed by atoms with E-state index < -0.39 is 11.9 Å². The number of hydrogen-bond donors (Lipinski definition) is 2. The smallest absolute Gasteiger partial charge is 0.303 e. The van der Waals surface area contributed by atoms with Gasteiger partial charge in [0.15, 0.2) is 0 Å². The molecule has 0 saturated heterocycles. The van der Waals surface area contributed by atoms with Crippen LogP contribution in [0.2, 0.25) is 0 Å². The molecule has 0 bridgehead atoms. The van der Waals surface area contributed by atoms with Gasteiger partial charge in [0.1, 0.15) is 0 Å². The lowest BCUT2D eigenvalue weighted by molar-refractivity contribution is -0.138. The van der Waals surface area contributed by atoms with Crippen LogP contribution in [0.5, 0.6) is 0 Å². The Morgan fingerprint density at radius 2 is 1.04 bits per heavy atom. The third-order valence-corrected chi connectivity index (χ3v) is 4.04.